The van der Waals surface area contributed by atoms with Gasteiger partial charge in [-0.2, -0.15) is 0 Å². The molecule has 0 radical (unpaired) electrons. The van der Waals surface area contributed by atoms with Crippen molar-refractivity contribution in [1.82, 2.24) is 0 Å². The Hall–Kier alpha value is -1.62. The zero-order valence-corrected chi connectivity index (χ0v) is 11.8. The lowest BCUT2D eigenvalue weighted by Gasteiger charge is -2.37. The fourth-order valence-corrected chi connectivity index (χ4v) is 3.03. The Morgan fingerprint density at radius 3 is 2.55 bits per heavy atom. The zero-order chi connectivity index (χ0) is 14.7. The van der Waals surface area contributed by atoms with Crippen molar-refractivity contribution in [2.45, 2.75) is 44.7 Å². The quantitative estimate of drug-likeness (QED) is 0.885. The highest BCUT2D eigenvalue weighted by Gasteiger charge is 2.27. The van der Waals surface area contributed by atoms with Crippen LogP contribution in [0.4, 0.5) is 10.1 Å². The molecule has 1 aromatic rings. The predicted octanol–water partition coefficient (Wildman–Crippen LogP) is 2.02. The van der Waals surface area contributed by atoms with Gasteiger partial charge in [-0.05, 0) is 44.7 Å². The highest BCUT2D eigenvalue weighted by molar-refractivity contribution is 5.99. The summed E-state index contributed by atoms with van der Waals surface area (Å²) >= 11 is 0. The van der Waals surface area contributed by atoms with E-state index in [1.54, 1.807) is 12.1 Å². The van der Waals surface area contributed by atoms with Crippen LogP contribution in [0.5, 0.6) is 0 Å². The Morgan fingerprint density at radius 1 is 1.35 bits per heavy atom. The molecule has 1 aromatic carbocycles. The van der Waals surface area contributed by atoms with Gasteiger partial charge in [0, 0.05) is 18.6 Å². The molecule has 20 heavy (non-hydrogen) atoms. The maximum Gasteiger partial charge on any atom is 0.253 e. The van der Waals surface area contributed by atoms with Crippen molar-refractivity contribution in [3.05, 3.63) is 29.6 Å². The molecular formula is C15H22FN3O. The number of halogens is 1. The molecule has 0 spiro atoms. The van der Waals surface area contributed by atoms with Crippen LogP contribution >= 0.6 is 0 Å². The molecule has 1 fully saturated rings. The van der Waals surface area contributed by atoms with E-state index < -0.39 is 11.7 Å². The van der Waals surface area contributed by atoms with Gasteiger partial charge < -0.3 is 16.4 Å². The van der Waals surface area contributed by atoms with Crippen LogP contribution in [-0.4, -0.2) is 24.5 Å². The van der Waals surface area contributed by atoms with Gasteiger partial charge >= 0.3 is 0 Å². The minimum absolute atomic E-state index is 0.00998. The molecule has 4 N–H and O–H groups in total. The molecule has 0 aromatic heterocycles. The van der Waals surface area contributed by atoms with Crippen LogP contribution in [0.2, 0.25) is 0 Å². The summed E-state index contributed by atoms with van der Waals surface area (Å²) in [7, 11) is 0. The summed E-state index contributed by atoms with van der Waals surface area (Å²) in [6.45, 7) is 2.72. The van der Waals surface area contributed by atoms with Gasteiger partial charge in [0.05, 0.1) is 11.3 Å². The van der Waals surface area contributed by atoms with Crippen LogP contribution < -0.4 is 16.4 Å². The molecule has 1 amide bonds. The van der Waals surface area contributed by atoms with Crippen molar-refractivity contribution in [1.29, 1.82) is 0 Å². The maximum atomic E-state index is 13.9. The second-order valence-electron chi connectivity index (χ2n) is 5.35. The molecule has 0 saturated heterocycles. The van der Waals surface area contributed by atoms with Gasteiger partial charge in [0.25, 0.3) is 5.91 Å². The monoisotopic (exact) mass is 279 g/mol. The first-order valence-electron chi connectivity index (χ1n) is 7.15. The minimum Gasteiger partial charge on any atom is -0.368 e. The molecule has 1 aliphatic rings. The number of primary amides is 1. The third kappa shape index (κ3) is 2.93. The molecule has 1 saturated carbocycles. The smallest absolute Gasteiger partial charge is 0.253 e. The fourth-order valence-electron chi connectivity index (χ4n) is 3.03. The zero-order valence-electron chi connectivity index (χ0n) is 11.8. The lowest BCUT2D eigenvalue weighted by molar-refractivity contribution is 0.0997. The van der Waals surface area contributed by atoms with Crippen molar-refractivity contribution in [2.24, 2.45) is 11.5 Å². The number of carbonyl (C=O) groups excluding carboxylic acids is 1. The first-order chi connectivity index (χ1) is 9.54. The normalized spacial score (nSPS) is 22.6. The van der Waals surface area contributed by atoms with Crippen LogP contribution in [0.25, 0.3) is 0 Å². The summed E-state index contributed by atoms with van der Waals surface area (Å²) in [6, 6.07) is 5.21. The molecule has 0 bridgehead atoms. The topological polar surface area (TPSA) is 72.3 Å². The van der Waals surface area contributed by atoms with E-state index in [0.29, 0.717) is 18.3 Å². The highest BCUT2D eigenvalue weighted by atomic mass is 19.1. The Morgan fingerprint density at radius 2 is 2.00 bits per heavy atom. The van der Waals surface area contributed by atoms with Gasteiger partial charge in [-0.25, -0.2) is 4.39 Å². The van der Waals surface area contributed by atoms with Crippen molar-refractivity contribution in [3.63, 3.8) is 0 Å². The number of nitrogens with zero attached hydrogens (tertiary/aromatic N) is 1. The van der Waals surface area contributed by atoms with Gasteiger partial charge in [-0.1, -0.05) is 6.07 Å². The van der Waals surface area contributed by atoms with E-state index in [0.717, 1.165) is 25.7 Å². The van der Waals surface area contributed by atoms with Crippen molar-refractivity contribution >= 4 is 11.6 Å². The third-order valence-electron chi connectivity index (χ3n) is 4.07. The maximum absolute atomic E-state index is 13.9. The SMILES string of the molecule is CCN(c1cccc(F)c1C(N)=O)C1CCC(N)CC1. The minimum atomic E-state index is -0.718. The number of amides is 1. The van der Waals surface area contributed by atoms with E-state index in [-0.39, 0.29) is 11.6 Å². The van der Waals surface area contributed by atoms with Crippen LogP contribution in [0.1, 0.15) is 43.0 Å². The van der Waals surface area contributed by atoms with Crippen molar-refractivity contribution in [3.8, 4) is 0 Å². The van der Waals surface area contributed by atoms with Crippen LogP contribution in [0.15, 0.2) is 18.2 Å². The van der Waals surface area contributed by atoms with Crippen molar-refractivity contribution in [2.75, 3.05) is 11.4 Å². The first-order valence-corrected chi connectivity index (χ1v) is 7.15. The van der Waals surface area contributed by atoms with E-state index in [2.05, 4.69) is 4.90 Å². The third-order valence-corrected chi connectivity index (χ3v) is 4.07. The van der Waals surface area contributed by atoms with Crippen LogP contribution in [-0.2, 0) is 0 Å². The van der Waals surface area contributed by atoms with E-state index in [1.165, 1.54) is 6.07 Å². The lowest BCUT2D eigenvalue weighted by Crippen LogP contribution is -2.41. The number of hydrogen-bond acceptors (Lipinski definition) is 3. The molecule has 5 heteroatoms. The molecule has 4 nitrogen and oxygen atoms in total. The number of rotatable bonds is 4. The van der Waals surface area contributed by atoms with E-state index in [4.69, 9.17) is 11.5 Å². The lowest BCUT2D eigenvalue weighted by atomic mass is 9.90. The van der Waals surface area contributed by atoms with E-state index in [9.17, 15) is 9.18 Å². The van der Waals surface area contributed by atoms with Gasteiger partial charge in [0.1, 0.15) is 5.82 Å². The van der Waals surface area contributed by atoms with Crippen molar-refractivity contribution < 1.29 is 9.18 Å². The summed E-state index contributed by atoms with van der Waals surface area (Å²) in [4.78, 5) is 13.6. The average molecular weight is 279 g/mol. The Balaban J connectivity index is 2.32. The number of anilines is 1. The first kappa shape index (κ1) is 14.8. The number of benzene rings is 1. The van der Waals surface area contributed by atoms with Crippen LogP contribution in [0.3, 0.4) is 0 Å². The molecule has 2 rings (SSSR count). The van der Waals surface area contributed by atoms with Gasteiger partial charge in [-0.15, -0.1) is 0 Å². The number of carbonyl (C=O) groups is 1. The summed E-state index contributed by atoms with van der Waals surface area (Å²) in [6.07, 6.45) is 3.85. The highest BCUT2D eigenvalue weighted by Crippen LogP contribution is 2.30. The van der Waals surface area contributed by atoms with Gasteiger partial charge in [0.15, 0.2) is 0 Å². The molecule has 0 heterocycles. The Kier molecular flexibility index (Phi) is 4.60. The molecular weight excluding hydrogens is 257 g/mol. The summed E-state index contributed by atoms with van der Waals surface area (Å²) < 4.78 is 13.9. The number of nitrogens with two attached hydrogens (primary N) is 2. The summed E-state index contributed by atoms with van der Waals surface area (Å²) in [5.41, 5.74) is 11.8. The fraction of sp³-hybridized carbons (Fsp3) is 0.533. The molecule has 1 aliphatic carbocycles. The summed E-state index contributed by atoms with van der Waals surface area (Å²) in [5, 5.41) is 0. The average Bonchev–Trinajstić information content (AvgIpc) is 2.41. The largest absolute Gasteiger partial charge is 0.368 e. The molecule has 110 valence electrons. The second-order valence-corrected chi connectivity index (χ2v) is 5.35. The molecule has 0 unspecified atom stereocenters. The number of hydrogen-bond donors (Lipinski definition) is 2. The van der Waals surface area contributed by atoms with E-state index >= 15 is 0 Å². The van der Waals surface area contributed by atoms with Crippen LogP contribution in [0, 0.1) is 5.82 Å². The Labute approximate surface area is 118 Å². The second kappa shape index (κ2) is 6.22. The Bertz CT molecular complexity index is 484. The standard InChI is InChI=1S/C15H22FN3O/c1-2-19(11-8-6-10(17)7-9-11)13-5-3-4-12(16)14(13)15(18)20/h3-5,10-11H,2,6-9,17H2,1H3,(H2,18,20). The van der Waals surface area contributed by atoms with Gasteiger partial charge in [0.2, 0.25) is 0 Å². The van der Waals surface area contributed by atoms with E-state index in [1.807, 2.05) is 6.92 Å². The summed E-state index contributed by atoms with van der Waals surface area (Å²) in [5.74, 6) is -1.27. The molecule has 0 aliphatic heterocycles. The predicted molar refractivity (Wildman–Crippen MR) is 78.2 cm³/mol. The molecule has 0 atom stereocenters. The van der Waals surface area contributed by atoms with Gasteiger partial charge in [-0.3, -0.25) is 4.79 Å².